The number of thiocarbonyl (C=S) groups is 1. The number of thiol groups is 1. The average molecular weight is 305 g/mol. The number of nitrogens with two attached hydrogens (primary N) is 1. The molecule has 0 aliphatic carbocycles. The third-order valence-electron chi connectivity index (χ3n) is 2.56. The van der Waals surface area contributed by atoms with Gasteiger partial charge in [0, 0.05) is 16.3 Å². The van der Waals surface area contributed by atoms with E-state index in [9.17, 15) is 0 Å². The van der Waals surface area contributed by atoms with E-state index in [1.807, 2.05) is 44.2 Å². The smallest absolute Gasteiger partial charge is 0.224 e. The molecule has 0 aliphatic heterocycles. The second-order valence-electron chi connectivity index (χ2n) is 4.29. The zero-order chi connectivity index (χ0) is 14.7. The van der Waals surface area contributed by atoms with Gasteiger partial charge in [-0.2, -0.15) is 10.1 Å². The number of hydrogen-bond acceptors (Lipinski definition) is 3. The summed E-state index contributed by atoms with van der Waals surface area (Å²) in [5.41, 5.74) is 8.52. The molecule has 0 radical (unpaired) electrons. The van der Waals surface area contributed by atoms with E-state index in [1.54, 1.807) is 4.68 Å². The molecule has 0 atom stereocenters. The topological polar surface area (TPSA) is 68.2 Å². The van der Waals surface area contributed by atoms with E-state index in [4.69, 9.17) is 18.0 Å². The van der Waals surface area contributed by atoms with Gasteiger partial charge in [-0.3, -0.25) is 0 Å². The van der Waals surface area contributed by atoms with Crippen molar-refractivity contribution >= 4 is 41.6 Å². The van der Waals surface area contributed by atoms with Crippen LogP contribution in [0.15, 0.2) is 40.2 Å². The minimum atomic E-state index is 0.235. The summed E-state index contributed by atoms with van der Waals surface area (Å²) in [4.78, 5) is 5.02. The van der Waals surface area contributed by atoms with Crippen LogP contribution in [0, 0.1) is 13.8 Å². The van der Waals surface area contributed by atoms with Gasteiger partial charge in [0.1, 0.15) is 0 Å². The first-order valence-corrected chi connectivity index (χ1v) is 6.79. The maximum atomic E-state index is 5.90. The van der Waals surface area contributed by atoms with Crippen molar-refractivity contribution < 1.29 is 0 Å². The molecule has 104 valence electrons. The van der Waals surface area contributed by atoms with E-state index in [0.29, 0.717) is 0 Å². The molecule has 0 amide bonds. The Balaban J connectivity index is 2.12. The molecule has 5 nitrogen and oxygen atoms in total. The van der Waals surface area contributed by atoms with Crippen LogP contribution < -0.4 is 11.1 Å². The number of rotatable bonds is 1. The van der Waals surface area contributed by atoms with Crippen LogP contribution in [0.2, 0.25) is 0 Å². The van der Waals surface area contributed by atoms with Gasteiger partial charge in [-0.1, -0.05) is 0 Å². The predicted molar refractivity (Wildman–Crippen MR) is 88.6 cm³/mol. The average Bonchev–Trinajstić information content (AvgIpc) is 2.71. The van der Waals surface area contributed by atoms with Crippen LogP contribution in [0.25, 0.3) is 0 Å². The Labute approximate surface area is 128 Å². The molecule has 0 unspecified atom stereocenters. The Morgan fingerprint density at radius 3 is 2.55 bits per heavy atom. The van der Waals surface area contributed by atoms with Crippen molar-refractivity contribution in [2.24, 2.45) is 10.7 Å². The number of anilines is 1. The summed E-state index contributed by atoms with van der Waals surface area (Å²) in [7, 11) is 0. The molecule has 2 rings (SSSR count). The zero-order valence-corrected chi connectivity index (χ0v) is 12.9. The summed E-state index contributed by atoms with van der Waals surface area (Å²) in [6.07, 6.45) is 0. The fourth-order valence-corrected chi connectivity index (χ4v) is 2.07. The van der Waals surface area contributed by atoms with Crippen molar-refractivity contribution in [1.82, 2.24) is 9.78 Å². The second kappa shape index (κ2) is 6.06. The Morgan fingerprint density at radius 2 is 2.00 bits per heavy atom. The van der Waals surface area contributed by atoms with Crippen molar-refractivity contribution in [2.45, 2.75) is 18.7 Å². The molecule has 0 saturated heterocycles. The number of nitrogens with one attached hydrogen (secondary N) is 1. The lowest BCUT2D eigenvalue weighted by Crippen LogP contribution is -2.27. The molecule has 0 fully saturated rings. The fourth-order valence-electron chi connectivity index (χ4n) is 1.71. The number of aliphatic imine (C=N–C) groups is 1. The number of nitrogens with zero attached hydrogens (tertiary/aromatic N) is 3. The first-order chi connectivity index (χ1) is 9.45. The van der Waals surface area contributed by atoms with Gasteiger partial charge < -0.3 is 11.1 Å². The van der Waals surface area contributed by atoms with E-state index in [0.717, 1.165) is 22.0 Å². The molecule has 20 heavy (non-hydrogen) atoms. The Bertz CT molecular complexity index is 658. The van der Waals surface area contributed by atoms with Gasteiger partial charge in [0.15, 0.2) is 0 Å². The van der Waals surface area contributed by atoms with Crippen molar-refractivity contribution in [2.75, 3.05) is 5.32 Å². The first kappa shape index (κ1) is 14.5. The molecule has 3 N–H and O–H groups in total. The van der Waals surface area contributed by atoms with Gasteiger partial charge >= 0.3 is 0 Å². The number of hydrogen-bond donors (Lipinski definition) is 3. The van der Waals surface area contributed by atoms with Gasteiger partial charge in [-0.05, 0) is 56.4 Å². The maximum absolute atomic E-state index is 5.90. The molecule has 0 bridgehead atoms. The molecule has 2 aromatic rings. The molecular weight excluding hydrogens is 290 g/mol. The summed E-state index contributed by atoms with van der Waals surface area (Å²) in [5.74, 6) is 0.235. The lowest BCUT2D eigenvalue weighted by molar-refractivity contribution is 0.872. The minimum Gasteiger partial charge on any atom is -0.368 e. The summed E-state index contributed by atoms with van der Waals surface area (Å²) >= 11 is 9.38. The first-order valence-electron chi connectivity index (χ1n) is 5.93. The van der Waals surface area contributed by atoms with Crippen molar-refractivity contribution in [3.05, 3.63) is 41.7 Å². The van der Waals surface area contributed by atoms with Crippen LogP contribution in [0.1, 0.15) is 11.4 Å². The van der Waals surface area contributed by atoms with Crippen LogP contribution in [-0.2, 0) is 0 Å². The van der Waals surface area contributed by atoms with Crippen molar-refractivity contribution in [3.63, 3.8) is 0 Å². The maximum Gasteiger partial charge on any atom is 0.224 e. The lowest BCUT2D eigenvalue weighted by Gasteiger charge is -2.06. The van der Waals surface area contributed by atoms with Crippen LogP contribution in [0.5, 0.6) is 0 Å². The van der Waals surface area contributed by atoms with Gasteiger partial charge in [-0.25, -0.2) is 4.68 Å². The van der Waals surface area contributed by atoms with E-state index in [1.165, 1.54) is 0 Å². The monoisotopic (exact) mass is 305 g/mol. The molecule has 1 aromatic carbocycles. The lowest BCUT2D eigenvalue weighted by atomic mass is 10.3. The Kier molecular flexibility index (Phi) is 4.41. The van der Waals surface area contributed by atoms with Crippen LogP contribution >= 0.6 is 24.8 Å². The van der Waals surface area contributed by atoms with Crippen LogP contribution in [0.3, 0.4) is 0 Å². The highest BCUT2D eigenvalue weighted by atomic mass is 32.1. The van der Waals surface area contributed by atoms with Crippen molar-refractivity contribution in [1.29, 1.82) is 0 Å². The molecule has 1 heterocycles. The summed E-state index contributed by atoms with van der Waals surface area (Å²) in [6, 6.07) is 9.38. The fraction of sp³-hybridized carbons (Fsp3) is 0.154. The standard InChI is InChI=1S/C13H15N5S2/c1-8-7-9(2)18(17-8)12(14)16-13(20)15-10-3-5-11(19)6-4-10/h3-7,19H,1-2H3,(H3,14,15,16,20). The van der Waals surface area contributed by atoms with E-state index >= 15 is 0 Å². The highest BCUT2D eigenvalue weighted by molar-refractivity contribution is 7.80. The summed E-state index contributed by atoms with van der Waals surface area (Å²) < 4.78 is 1.56. The third-order valence-corrected chi connectivity index (χ3v) is 3.05. The molecule has 0 saturated carbocycles. The highest BCUT2D eigenvalue weighted by Crippen LogP contribution is 2.12. The SMILES string of the molecule is Cc1cc(C)n(/C(N)=N/C(=S)Nc2ccc(S)cc2)n1. The van der Waals surface area contributed by atoms with Crippen LogP contribution in [-0.4, -0.2) is 20.9 Å². The van der Waals surface area contributed by atoms with Crippen LogP contribution in [0.4, 0.5) is 5.69 Å². The molecule has 1 aromatic heterocycles. The van der Waals surface area contributed by atoms with Gasteiger partial charge in [-0.15, -0.1) is 12.6 Å². The molecular formula is C13H15N5S2. The quantitative estimate of drug-likeness (QED) is 0.327. The highest BCUT2D eigenvalue weighted by Gasteiger charge is 2.05. The Hall–Kier alpha value is -1.86. The van der Waals surface area contributed by atoms with E-state index in [2.05, 4.69) is 28.0 Å². The zero-order valence-electron chi connectivity index (χ0n) is 11.2. The largest absolute Gasteiger partial charge is 0.368 e. The van der Waals surface area contributed by atoms with Gasteiger partial charge in [0.25, 0.3) is 0 Å². The normalized spacial score (nSPS) is 11.4. The minimum absolute atomic E-state index is 0.235. The van der Waals surface area contributed by atoms with Gasteiger partial charge in [0.2, 0.25) is 11.1 Å². The summed E-state index contributed by atoms with van der Waals surface area (Å²) in [6.45, 7) is 3.80. The number of benzene rings is 1. The molecule has 0 spiro atoms. The molecule has 7 heteroatoms. The van der Waals surface area contributed by atoms with E-state index in [-0.39, 0.29) is 11.1 Å². The number of aromatic nitrogens is 2. The van der Waals surface area contributed by atoms with Crippen molar-refractivity contribution in [3.8, 4) is 0 Å². The van der Waals surface area contributed by atoms with E-state index < -0.39 is 0 Å². The molecule has 0 aliphatic rings. The second-order valence-corrected chi connectivity index (χ2v) is 5.19. The third kappa shape index (κ3) is 3.58. The van der Waals surface area contributed by atoms with Gasteiger partial charge in [0.05, 0.1) is 5.69 Å². The predicted octanol–water partition coefficient (Wildman–Crippen LogP) is 2.35. The number of aryl methyl sites for hydroxylation is 2. The Morgan fingerprint density at radius 1 is 1.35 bits per heavy atom. The summed E-state index contributed by atoms with van der Waals surface area (Å²) in [5, 5.41) is 7.51.